The van der Waals surface area contributed by atoms with Gasteiger partial charge in [0.15, 0.2) is 0 Å². The van der Waals surface area contributed by atoms with E-state index >= 15 is 0 Å². The van der Waals surface area contributed by atoms with E-state index in [0.29, 0.717) is 5.56 Å². The number of hydrogen-bond donors (Lipinski definition) is 0. The summed E-state index contributed by atoms with van der Waals surface area (Å²) in [4.78, 5) is 17.9. The number of pyridine rings is 1. The molecular weight excluding hydrogens is 292 g/mol. The zero-order chi connectivity index (χ0) is 13.1. The summed E-state index contributed by atoms with van der Waals surface area (Å²) in [6, 6.07) is 11.3. The maximum atomic E-state index is 12.2. The highest BCUT2D eigenvalue weighted by Gasteiger charge is 2.13. The Hall–Kier alpha value is -1.68. The first-order valence-corrected chi connectivity index (χ1v) is 6.33. The Morgan fingerprint density at radius 1 is 1.28 bits per heavy atom. The summed E-state index contributed by atoms with van der Waals surface area (Å²) in [5, 5.41) is 0. The van der Waals surface area contributed by atoms with Crippen molar-refractivity contribution in [2.24, 2.45) is 0 Å². The van der Waals surface area contributed by atoms with Gasteiger partial charge < -0.3 is 4.90 Å². The highest BCUT2D eigenvalue weighted by Crippen LogP contribution is 2.17. The monoisotopic (exact) mass is 304 g/mol. The van der Waals surface area contributed by atoms with E-state index in [1.165, 1.54) is 0 Å². The first-order valence-electron chi connectivity index (χ1n) is 5.54. The Bertz CT molecular complexity index is 566. The van der Waals surface area contributed by atoms with Gasteiger partial charge in [0.2, 0.25) is 0 Å². The van der Waals surface area contributed by atoms with Gasteiger partial charge in [0.25, 0.3) is 5.91 Å². The molecule has 0 spiro atoms. The molecule has 0 aliphatic rings. The van der Waals surface area contributed by atoms with Crippen molar-refractivity contribution in [3.63, 3.8) is 0 Å². The van der Waals surface area contributed by atoms with Gasteiger partial charge in [-0.05, 0) is 52.7 Å². The van der Waals surface area contributed by atoms with Crippen LogP contribution in [0, 0.1) is 6.92 Å². The summed E-state index contributed by atoms with van der Waals surface area (Å²) < 4.78 is 0.720. The summed E-state index contributed by atoms with van der Waals surface area (Å²) in [5.41, 5.74) is 2.58. The maximum absolute atomic E-state index is 12.2. The standard InChI is InChI=1S/C14H13BrN2O/c1-10-4-3-5-12(8-10)17(2)14(18)11-6-7-13(15)16-9-11/h3-9H,1-2H3. The van der Waals surface area contributed by atoms with E-state index in [9.17, 15) is 4.79 Å². The molecule has 0 radical (unpaired) electrons. The average Bonchev–Trinajstić information content (AvgIpc) is 2.38. The Morgan fingerprint density at radius 2 is 2.06 bits per heavy atom. The van der Waals surface area contributed by atoms with Crippen LogP contribution in [0.3, 0.4) is 0 Å². The number of aryl methyl sites for hydroxylation is 1. The molecule has 0 aliphatic carbocycles. The molecular formula is C14H13BrN2O. The van der Waals surface area contributed by atoms with Crippen molar-refractivity contribution in [3.8, 4) is 0 Å². The SMILES string of the molecule is Cc1cccc(N(C)C(=O)c2ccc(Br)nc2)c1. The number of aromatic nitrogens is 1. The van der Waals surface area contributed by atoms with E-state index in [1.54, 1.807) is 30.3 Å². The molecule has 1 heterocycles. The third-order valence-electron chi connectivity index (χ3n) is 2.67. The van der Waals surface area contributed by atoms with Crippen LogP contribution in [0.15, 0.2) is 47.2 Å². The first-order chi connectivity index (χ1) is 8.58. The summed E-state index contributed by atoms with van der Waals surface area (Å²) in [6.45, 7) is 2.00. The van der Waals surface area contributed by atoms with Gasteiger partial charge in [-0.25, -0.2) is 4.98 Å². The normalized spacial score (nSPS) is 10.2. The molecule has 0 saturated heterocycles. The van der Waals surface area contributed by atoms with Crippen LogP contribution in [-0.2, 0) is 0 Å². The molecule has 3 nitrogen and oxygen atoms in total. The lowest BCUT2D eigenvalue weighted by atomic mass is 10.2. The Balaban J connectivity index is 2.26. The second-order valence-corrected chi connectivity index (χ2v) is 4.89. The third kappa shape index (κ3) is 2.76. The van der Waals surface area contributed by atoms with Gasteiger partial charge >= 0.3 is 0 Å². The number of benzene rings is 1. The van der Waals surface area contributed by atoms with Crippen LogP contribution in [0.5, 0.6) is 0 Å². The molecule has 0 unspecified atom stereocenters. The van der Waals surface area contributed by atoms with Gasteiger partial charge in [-0.1, -0.05) is 12.1 Å². The second-order valence-electron chi connectivity index (χ2n) is 4.07. The van der Waals surface area contributed by atoms with Crippen LogP contribution < -0.4 is 4.90 Å². The highest BCUT2D eigenvalue weighted by atomic mass is 79.9. The van der Waals surface area contributed by atoms with Gasteiger partial charge in [0.05, 0.1) is 5.56 Å². The molecule has 0 atom stereocenters. The van der Waals surface area contributed by atoms with Crippen LogP contribution >= 0.6 is 15.9 Å². The minimum Gasteiger partial charge on any atom is -0.311 e. The molecule has 1 aromatic heterocycles. The van der Waals surface area contributed by atoms with Crippen LogP contribution in [0.1, 0.15) is 15.9 Å². The number of hydrogen-bond acceptors (Lipinski definition) is 2. The smallest absolute Gasteiger partial charge is 0.259 e. The van der Waals surface area contributed by atoms with Gasteiger partial charge in [-0.2, -0.15) is 0 Å². The van der Waals surface area contributed by atoms with E-state index in [-0.39, 0.29) is 5.91 Å². The van der Waals surface area contributed by atoms with Crippen molar-refractivity contribution in [1.29, 1.82) is 0 Å². The quantitative estimate of drug-likeness (QED) is 0.796. The zero-order valence-electron chi connectivity index (χ0n) is 10.2. The fourth-order valence-electron chi connectivity index (χ4n) is 1.65. The summed E-state index contributed by atoms with van der Waals surface area (Å²) >= 11 is 3.25. The number of anilines is 1. The van der Waals surface area contributed by atoms with Gasteiger partial charge in [-0.3, -0.25) is 4.79 Å². The minimum atomic E-state index is -0.0689. The molecule has 0 fully saturated rings. The molecule has 18 heavy (non-hydrogen) atoms. The van der Waals surface area contributed by atoms with Crippen molar-refractivity contribution in [2.45, 2.75) is 6.92 Å². The number of carbonyl (C=O) groups is 1. The number of halogens is 1. The zero-order valence-corrected chi connectivity index (χ0v) is 11.8. The summed E-state index contributed by atoms with van der Waals surface area (Å²) in [6.07, 6.45) is 1.57. The van der Waals surface area contributed by atoms with Crippen molar-refractivity contribution in [2.75, 3.05) is 11.9 Å². The topological polar surface area (TPSA) is 33.2 Å². The molecule has 2 aromatic rings. The van der Waals surface area contributed by atoms with Crippen molar-refractivity contribution in [1.82, 2.24) is 4.98 Å². The van der Waals surface area contributed by atoms with Crippen LogP contribution in [0.2, 0.25) is 0 Å². The molecule has 92 valence electrons. The van der Waals surface area contributed by atoms with Gasteiger partial charge in [0.1, 0.15) is 4.60 Å². The Labute approximate surface area is 115 Å². The van der Waals surface area contributed by atoms with Crippen LogP contribution in [0.25, 0.3) is 0 Å². The van der Waals surface area contributed by atoms with E-state index < -0.39 is 0 Å². The Kier molecular flexibility index (Phi) is 3.77. The largest absolute Gasteiger partial charge is 0.311 e. The summed E-state index contributed by atoms with van der Waals surface area (Å²) in [5.74, 6) is -0.0689. The molecule has 1 amide bonds. The van der Waals surface area contributed by atoms with Crippen molar-refractivity contribution < 1.29 is 4.79 Å². The predicted molar refractivity (Wildman–Crippen MR) is 75.8 cm³/mol. The highest BCUT2D eigenvalue weighted by molar-refractivity contribution is 9.10. The van der Waals surface area contributed by atoms with E-state index in [1.807, 2.05) is 31.2 Å². The molecule has 2 rings (SSSR count). The molecule has 0 aliphatic heterocycles. The van der Waals surface area contributed by atoms with Crippen molar-refractivity contribution in [3.05, 3.63) is 58.3 Å². The lowest BCUT2D eigenvalue weighted by molar-refractivity contribution is 0.0992. The number of rotatable bonds is 2. The molecule has 4 heteroatoms. The number of nitrogens with zero attached hydrogens (tertiary/aromatic N) is 2. The molecule has 0 bridgehead atoms. The predicted octanol–water partition coefficient (Wildman–Crippen LogP) is 3.43. The van der Waals surface area contributed by atoms with Crippen molar-refractivity contribution >= 4 is 27.5 Å². The van der Waals surface area contributed by atoms with E-state index in [0.717, 1.165) is 15.9 Å². The lowest BCUT2D eigenvalue weighted by Gasteiger charge is -2.17. The van der Waals surface area contributed by atoms with Crippen LogP contribution in [0.4, 0.5) is 5.69 Å². The van der Waals surface area contributed by atoms with Gasteiger partial charge in [0, 0.05) is 18.9 Å². The first kappa shape index (κ1) is 12.8. The Morgan fingerprint density at radius 3 is 2.67 bits per heavy atom. The lowest BCUT2D eigenvalue weighted by Crippen LogP contribution is -2.26. The number of carbonyl (C=O) groups excluding carboxylic acids is 1. The molecule has 0 saturated carbocycles. The average molecular weight is 305 g/mol. The second kappa shape index (κ2) is 5.31. The minimum absolute atomic E-state index is 0.0689. The van der Waals surface area contributed by atoms with Crippen LogP contribution in [-0.4, -0.2) is 17.9 Å². The molecule has 0 N–H and O–H groups in total. The van der Waals surface area contributed by atoms with E-state index in [4.69, 9.17) is 0 Å². The molecule has 1 aromatic carbocycles. The third-order valence-corrected chi connectivity index (χ3v) is 3.14. The number of amides is 1. The summed E-state index contributed by atoms with van der Waals surface area (Å²) in [7, 11) is 1.76. The van der Waals surface area contributed by atoms with E-state index in [2.05, 4.69) is 20.9 Å². The fourth-order valence-corrected chi connectivity index (χ4v) is 1.88. The fraction of sp³-hybridized carbons (Fsp3) is 0.143. The maximum Gasteiger partial charge on any atom is 0.259 e. The van der Waals surface area contributed by atoms with Gasteiger partial charge in [-0.15, -0.1) is 0 Å².